The van der Waals surface area contributed by atoms with E-state index in [0.717, 1.165) is 40.7 Å². The van der Waals surface area contributed by atoms with E-state index in [4.69, 9.17) is 9.78 Å². The lowest BCUT2D eigenvalue weighted by Gasteiger charge is -2.32. The molecular formula is C26H27NO3. The maximum Gasteiger partial charge on any atom is 0.235 e. The summed E-state index contributed by atoms with van der Waals surface area (Å²) < 4.78 is 0. The molecule has 4 heteroatoms. The van der Waals surface area contributed by atoms with Gasteiger partial charge in [-0.25, -0.2) is 9.78 Å². The Hall–Kier alpha value is -2.95. The minimum atomic E-state index is -0.720. The van der Waals surface area contributed by atoms with E-state index in [1.807, 2.05) is 54.6 Å². The lowest BCUT2D eigenvalue weighted by molar-refractivity contribution is -0.276. The smallest absolute Gasteiger partial charge is 0.235 e. The SMILES string of the molecule is CCCC1(C(=O)NC(COOC)c2ccccc2)c2ccccc2-c2ccccc21. The van der Waals surface area contributed by atoms with Crippen LogP contribution in [0.4, 0.5) is 0 Å². The van der Waals surface area contributed by atoms with Gasteiger partial charge in [0.25, 0.3) is 0 Å². The van der Waals surface area contributed by atoms with E-state index in [2.05, 4.69) is 36.5 Å². The third kappa shape index (κ3) is 3.42. The van der Waals surface area contributed by atoms with Crippen molar-refractivity contribution in [2.24, 2.45) is 0 Å². The van der Waals surface area contributed by atoms with Gasteiger partial charge >= 0.3 is 0 Å². The molecule has 1 aliphatic rings. The van der Waals surface area contributed by atoms with Crippen molar-refractivity contribution in [3.05, 3.63) is 95.6 Å². The van der Waals surface area contributed by atoms with Gasteiger partial charge in [0.05, 0.1) is 13.2 Å². The van der Waals surface area contributed by atoms with E-state index in [1.165, 1.54) is 7.11 Å². The standard InChI is InChI=1S/C26H27NO3/c1-3-17-26(22-15-9-7-13-20(22)21-14-8-10-16-23(21)26)25(28)27-24(18-30-29-2)19-11-5-4-6-12-19/h4-16,24H,3,17-18H2,1-2H3,(H,27,28). The largest absolute Gasteiger partial charge is 0.346 e. The quantitative estimate of drug-likeness (QED) is 0.417. The Balaban J connectivity index is 1.78. The highest BCUT2D eigenvalue weighted by Gasteiger charge is 2.48. The second-order valence-electron chi connectivity index (χ2n) is 7.63. The van der Waals surface area contributed by atoms with Crippen molar-refractivity contribution in [1.29, 1.82) is 0 Å². The van der Waals surface area contributed by atoms with Gasteiger partial charge in [-0.1, -0.05) is 92.2 Å². The van der Waals surface area contributed by atoms with Gasteiger partial charge in [-0.3, -0.25) is 4.79 Å². The van der Waals surface area contributed by atoms with Crippen LogP contribution in [-0.4, -0.2) is 19.6 Å². The van der Waals surface area contributed by atoms with Gasteiger partial charge in [-0.05, 0) is 34.2 Å². The summed E-state index contributed by atoms with van der Waals surface area (Å²) in [7, 11) is 1.48. The zero-order valence-corrected chi connectivity index (χ0v) is 17.4. The first-order valence-corrected chi connectivity index (χ1v) is 10.4. The van der Waals surface area contributed by atoms with E-state index in [-0.39, 0.29) is 18.6 Å². The molecule has 0 radical (unpaired) electrons. The summed E-state index contributed by atoms with van der Waals surface area (Å²) in [6, 6.07) is 26.1. The number of carbonyl (C=O) groups excluding carboxylic acids is 1. The molecule has 4 nitrogen and oxygen atoms in total. The van der Waals surface area contributed by atoms with Gasteiger partial charge in [-0.15, -0.1) is 0 Å². The first kappa shape index (κ1) is 20.3. The summed E-state index contributed by atoms with van der Waals surface area (Å²) >= 11 is 0. The minimum absolute atomic E-state index is 0.00435. The van der Waals surface area contributed by atoms with Crippen molar-refractivity contribution in [3.63, 3.8) is 0 Å². The summed E-state index contributed by atoms with van der Waals surface area (Å²) in [6.07, 6.45) is 1.63. The molecule has 3 aromatic rings. The van der Waals surface area contributed by atoms with Crippen LogP contribution in [0.15, 0.2) is 78.9 Å². The number of amides is 1. The molecule has 0 fully saturated rings. The van der Waals surface area contributed by atoms with Gasteiger partial charge in [0.2, 0.25) is 5.91 Å². The number of benzene rings is 3. The van der Waals surface area contributed by atoms with Crippen molar-refractivity contribution in [3.8, 4) is 11.1 Å². The molecule has 1 aliphatic carbocycles. The number of fused-ring (bicyclic) bond motifs is 3. The Morgan fingerprint density at radius 2 is 1.47 bits per heavy atom. The van der Waals surface area contributed by atoms with Crippen molar-refractivity contribution in [2.75, 3.05) is 13.7 Å². The molecule has 0 aliphatic heterocycles. The maximum atomic E-state index is 14.0. The van der Waals surface area contributed by atoms with Gasteiger partial charge in [0.15, 0.2) is 0 Å². The molecule has 4 rings (SSSR count). The van der Waals surface area contributed by atoms with Crippen molar-refractivity contribution in [2.45, 2.75) is 31.2 Å². The Morgan fingerprint density at radius 3 is 2.03 bits per heavy atom. The first-order valence-electron chi connectivity index (χ1n) is 10.4. The second kappa shape index (κ2) is 8.82. The Bertz CT molecular complexity index is 970. The predicted octanol–water partition coefficient (Wildman–Crippen LogP) is 5.19. The van der Waals surface area contributed by atoms with Crippen molar-refractivity contribution >= 4 is 5.91 Å². The van der Waals surface area contributed by atoms with Crippen LogP contribution in [0.3, 0.4) is 0 Å². The molecule has 154 valence electrons. The molecule has 0 heterocycles. The molecule has 0 saturated carbocycles. The zero-order chi connectivity index (χ0) is 21.0. The monoisotopic (exact) mass is 401 g/mol. The number of rotatable bonds is 8. The fraction of sp³-hybridized carbons (Fsp3) is 0.269. The molecule has 1 amide bonds. The predicted molar refractivity (Wildman–Crippen MR) is 118 cm³/mol. The Morgan fingerprint density at radius 1 is 0.900 bits per heavy atom. The van der Waals surface area contributed by atoms with Crippen molar-refractivity contribution < 1.29 is 14.6 Å². The zero-order valence-electron chi connectivity index (χ0n) is 17.4. The van der Waals surface area contributed by atoms with Crippen LogP contribution in [0.2, 0.25) is 0 Å². The fourth-order valence-corrected chi connectivity index (χ4v) is 4.65. The molecule has 30 heavy (non-hydrogen) atoms. The second-order valence-corrected chi connectivity index (χ2v) is 7.63. The summed E-state index contributed by atoms with van der Waals surface area (Å²) in [6.45, 7) is 2.36. The highest BCUT2D eigenvalue weighted by molar-refractivity contribution is 6.00. The average Bonchev–Trinajstić information content (AvgIpc) is 3.08. The minimum Gasteiger partial charge on any atom is -0.346 e. The summed E-state index contributed by atoms with van der Waals surface area (Å²) in [5.41, 5.74) is 4.69. The van der Waals surface area contributed by atoms with E-state index >= 15 is 0 Å². The molecule has 1 N–H and O–H groups in total. The summed E-state index contributed by atoms with van der Waals surface area (Å²) in [5.74, 6) is -0.00435. The molecule has 1 unspecified atom stereocenters. The molecular weight excluding hydrogens is 374 g/mol. The van der Waals surface area contributed by atoms with Crippen LogP contribution in [0.5, 0.6) is 0 Å². The van der Waals surface area contributed by atoms with Crippen LogP contribution in [0, 0.1) is 0 Å². The van der Waals surface area contributed by atoms with Gasteiger partial charge in [0, 0.05) is 0 Å². The molecule has 0 bridgehead atoms. The summed E-state index contributed by atoms with van der Waals surface area (Å²) in [4.78, 5) is 24.1. The van der Waals surface area contributed by atoms with Crippen LogP contribution in [0.25, 0.3) is 11.1 Å². The Labute approximate surface area is 177 Å². The normalized spacial score (nSPS) is 14.6. The topological polar surface area (TPSA) is 47.6 Å². The molecule has 0 aromatic heterocycles. The third-order valence-electron chi connectivity index (χ3n) is 5.94. The van der Waals surface area contributed by atoms with Gasteiger partial charge < -0.3 is 5.32 Å². The van der Waals surface area contributed by atoms with Gasteiger partial charge in [0.1, 0.15) is 12.0 Å². The van der Waals surface area contributed by atoms with E-state index in [9.17, 15) is 4.79 Å². The number of carbonyl (C=O) groups is 1. The Kier molecular flexibility index (Phi) is 5.98. The van der Waals surface area contributed by atoms with E-state index in [0.29, 0.717) is 0 Å². The van der Waals surface area contributed by atoms with E-state index < -0.39 is 5.41 Å². The maximum absolute atomic E-state index is 14.0. The summed E-state index contributed by atoms with van der Waals surface area (Å²) in [5, 5.41) is 3.27. The molecule has 3 aromatic carbocycles. The molecule has 0 spiro atoms. The highest BCUT2D eigenvalue weighted by Crippen LogP contribution is 2.51. The third-order valence-corrected chi connectivity index (χ3v) is 5.94. The van der Waals surface area contributed by atoms with Gasteiger partial charge in [-0.2, -0.15) is 0 Å². The first-order chi connectivity index (χ1) is 14.7. The number of nitrogens with one attached hydrogen (secondary N) is 1. The van der Waals surface area contributed by atoms with Crippen LogP contribution >= 0.6 is 0 Å². The lowest BCUT2D eigenvalue weighted by Crippen LogP contribution is -2.46. The average molecular weight is 402 g/mol. The van der Waals surface area contributed by atoms with Crippen LogP contribution in [-0.2, 0) is 20.0 Å². The highest BCUT2D eigenvalue weighted by atomic mass is 17.2. The molecule has 1 atom stereocenters. The number of hydrogen-bond donors (Lipinski definition) is 1. The van der Waals surface area contributed by atoms with Crippen LogP contribution in [0.1, 0.15) is 42.5 Å². The number of hydrogen-bond acceptors (Lipinski definition) is 3. The lowest BCUT2D eigenvalue weighted by atomic mass is 9.73. The molecule has 0 saturated heterocycles. The van der Waals surface area contributed by atoms with Crippen molar-refractivity contribution in [1.82, 2.24) is 5.32 Å². The van der Waals surface area contributed by atoms with Crippen LogP contribution < -0.4 is 5.32 Å². The fourth-order valence-electron chi connectivity index (χ4n) is 4.65. The van der Waals surface area contributed by atoms with E-state index in [1.54, 1.807) is 0 Å².